The molecule has 1 fully saturated rings. The molecule has 1 aromatic heterocycles. The second-order valence-electron chi connectivity index (χ2n) is 8.02. The number of nitrogens with zero attached hydrogens (tertiary/aromatic N) is 2. The summed E-state index contributed by atoms with van der Waals surface area (Å²) in [6.07, 6.45) is 3.68. The van der Waals surface area contributed by atoms with Crippen molar-refractivity contribution in [2.45, 2.75) is 19.3 Å². The van der Waals surface area contributed by atoms with Crippen molar-refractivity contribution in [1.82, 2.24) is 9.80 Å². The highest BCUT2D eigenvalue weighted by Crippen LogP contribution is 2.15. The highest BCUT2D eigenvalue weighted by Gasteiger charge is 2.24. The Hall–Kier alpha value is -3.87. The number of anilines is 1. The van der Waals surface area contributed by atoms with Gasteiger partial charge in [-0.25, -0.2) is 0 Å². The third-order valence-corrected chi connectivity index (χ3v) is 5.75. The number of carbonyl (C=O) groups is 3. The van der Waals surface area contributed by atoms with E-state index in [1.165, 1.54) is 11.8 Å². The second-order valence-corrected chi connectivity index (χ2v) is 8.02. The molecule has 0 unspecified atom stereocenters. The van der Waals surface area contributed by atoms with Crippen LogP contribution in [0.4, 0.5) is 5.69 Å². The maximum atomic E-state index is 12.8. The van der Waals surface area contributed by atoms with E-state index in [1.807, 2.05) is 23.1 Å². The van der Waals surface area contributed by atoms with E-state index in [9.17, 15) is 14.4 Å². The van der Waals surface area contributed by atoms with E-state index in [0.717, 1.165) is 12.8 Å². The van der Waals surface area contributed by atoms with Crippen LogP contribution in [0.15, 0.2) is 77.4 Å². The van der Waals surface area contributed by atoms with Crippen LogP contribution in [-0.4, -0.2) is 53.7 Å². The lowest BCUT2D eigenvalue weighted by Crippen LogP contribution is -2.50. The fourth-order valence-electron chi connectivity index (χ4n) is 3.88. The number of piperazine rings is 1. The zero-order valence-electron chi connectivity index (χ0n) is 18.4. The molecule has 2 aromatic carbocycles. The van der Waals surface area contributed by atoms with Crippen molar-refractivity contribution < 1.29 is 18.8 Å². The molecular formula is C26H27N3O4. The minimum absolute atomic E-state index is 0.0740. The maximum absolute atomic E-state index is 12.8. The Kier molecular flexibility index (Phi) is 7.19. The van der Waals surface area contributed by atoms with Gasteiger partial charge in [-0.3, -0.25) is 14.4 Å². The van der Waals surface area contributed by atoms with Crippen molar-refractivity contribution in [1.29, 1.82) is 0 Å². The van der Waals surface area contributed by atoms with Gasteiger partial charge in [-0.15, -0.1) is 0 Å². The van der Waals surface area contributed by atoms with Crippen molar-refractivity contribution in [2.24, 2.45) is 0 Å². The molecule has 1 N–H and O–H groups in total. The Morgan fingerprint density at radius 3 is 2.18 bits per heavy atom. The minimum atomic E-state index is -0.344. The van der Waals surface area contributed by atoms with Gasteiger partial charge in [0, 0.05) is 43.9 Å². The van der Waals surface area contributed by atoms with Gasteiger partial charge in [-0.2, -0.15) is 0 Å². The first-order valence-electron chi connectivity index (χ1n) is 11.2. The van der Waals surface area contributed by atoms with Crippen molar-refractivity contribution in [3.8, 4) is 0 Å². The second kappa shape index (κ2) is 10.6. The number of amides is 3. The van der Waals surface area contributed by atoms with Crippen molar-refractivity contribution in [3.05, 3.63) is 89.9 Å². The van der Waals surface area contributed by atoms with Crippen molar-refractivity contribution >= 4 is 23.4 Å². The Labute approximate surface area is 193 Å². The number of furan rings is 1. The number of carbonyl (C=O) groups excluding carboxylic acids is 3. The highest BCUT2D eigenvalue weighted by atomic mass is 16.3. The maximum Gasteiger partial charge on any atom is 0.291 e. The summed E-state index contributed by atoms with van der Waals surface area (Å²) >= 11 is 0. The van der Waals surface area contributed by atoms with Crippen LogP contribution in [0, 0.1) is 0 Å². The van der Waals surface area contributed by atoms with Gasteiger partial charge in [0.1, 0.15) is 0 Å². The molecule has 1 saturated heterocycles. The third-order valence-electron chi connectivity index (χ3n) is 5.75. The van der Waals surface area contributed by atoms with Crippen LogP contribution in [0.5, 0.6) is 0 Å². The van der Waals surface area contributed by atoms with Gasteiger partial charge in [0.2, 0.25) is 5.91 Å². The molecule has 3 aromatic rings. The quantitative estimate of drug-likeness (QED) is 0.599. The number of benzene rings is 2. The molecule has 1 aliphatic rings. The third kappa shape index (κ3) is 5.88. The number of hydrogen-bond donors (Lipinski definition) is 1. The summed E-state index contributed by atoms with van der Waals surface area (Å²) in [6, 6.07) is 20.2. The largest absolute Gasteiger partial charge is 0.459 e. The van der Waals surface area contributed by atoms with Crippen molar-refractivity contribution in [2.75, 3.05) is 31.5 Å². The monoisotopic (exact) mass is 445 g/mol. The summed E-state index contributed by atoms with van der Waals surface area (Å²) in [5, 5.41) is 2.73. The number of hydrogen-bond acceptors (Lipinski definition) is 4. The topological polar surface area (TPSA) is 82.9 Å². The molecule has 1 aliphatic heterocycles. The standard InChI is InChI=1S/C26H27N3O4/c30-24(10-4-8-20-6-2-1-3-7-20)28-15-17-29(18-16-28)26(32)21-11-13-22(14-12-21)27-25(31)23-9-5-19-33-23/h1-3,5-7,9,11-14,19H,4,8,10,15-18H2,(H,27,31). The Balaban J connectivity index is 1.22. The van der Waals surface area contributed by atoms with Gasteiger partial charge < -0.3 is 19.5 Å². The molecule has 0 atom stereocenters. The van der Waals surface area contributed by atoms with Gasteiger partial charge in [-0.05, 0) is 54.8 Å². The zero-order chi connectivity index (χ0) is 23.0. The van der Waals surface area contributed by atoms with Crippen LogP contribution in [-0.2, 0) is 11.2 Å². The number of nitrogens with one attached hydrogen (secondary N) is 1. The molecule has 170 valence electrons. The van der Waals surface area contributed by atoms with E-state index in [1.54, 1.807) is 41.3 Å². The lowest BCUT2D eigenvalue weighted by molar-refractivity contribution is -0.132. The fourth-order valence-corrected chi connectivity index (χ4v) is 3.88. The first-order valence-corrected chi connectivity index (χ1v) is 11.2. The smallest absolute Gasteiger partial charge is 0.291 e. The summed E-state index contributed by atoms with van der Waals surface area (Å²) < 4.78 is 5.08. The van der Waals surface area contributed by atoms with E-state index >= 15 is 0 Å². The van der Waals surface area contributed by atoms with Gasteiger partial charge >= 0.3 is 0 Å². The van der Waals surface area contributed by atoms with Crippen LogP contribution in [0.3, 0.4) is 0 Å². The fraction of sp³-hybridized carbons (Fsp3) is 0.269. The molecule has 0 aliphatic carbocycles. The van der Waals surface area contributed by atoms with Gasteiger partial charge in [0.25, 0.3) is 11.8 Å². The molecule has 33 heavy (non-hydrogen) atoms. The number of rotatable bonds is 7. The molecule has 2 heterocycles. The molecule has 4 rings (SSSR count). The lowest BCUT2D eigenvalue weighted by Gasteiger charge is -2.35. The summed E-state index contributed by atoms with van der Waals surface area (Å²) in [6.45, 7) is 2.13. The first kappa shape index (κ1) is 22.3. The van der Waals surface area contributed by atoms with Crippen LogP contribution < -0.4 is 5.32 Å². The van der Waals surface area contributed by atoms with E-state index in [2.05, 4.69) is 17.4 Å². The molecule has 7 nitrogen and oxygen atoms in total. The predicted molar refractivity (Wildman–Crippen MR) is 125 cm³/mol. The van der Waals surface area contributed by atoms with E-state index in [4.69, 9.17) is 4.42 Å². The summed E-state index contributed by atoms with van der Waals surface area (Å²) in [5.74, 6) is -0.0453. The summed E-state index contributed by atoms with van der Waals surface area (Å²) in [7, 11) is 0. The zero-order valence-corrected chi connectivity index (χ0v) is 18.4. The van der Waals surface area contributed by atoms with Crippen LogP contribution in [0.25, 0.3) is 0 Å². The molecule has 0 saturated carbocycles. The normalized spacial score (nSPS) is 13.6. The number of aryl methyl sites for hydroxylation is 1. The van der Waals surface area contributed by atoms with Gasteiger partial charge in [0.05, 0.1) is 6.26 Å². The minimum Gasteiger partial charge on any atom is -0.459 e. The van der Waals surface area contributed by atoms with Crippen LogP contribution in [0.2, 0.25) is 0 Å². The molecule has 3 amide bonds. The average Bonchev–Trinajstić information content (AvgIpc) is 3.40. The first-order chi connectivity index (χ1) is 16.1. The molecule has 7 heteroatoms. The van der Waals surface area contributed by atoms with Gasteiger partial charge in [-0.1, -0.05) is 30.3 Å². The van der Waals surface area contributed by atoms with E-state index in [-0.39, 0.29) is 23.5 Å². The lowest BCUT2D eigenvalue weighted by atomic mass is 10.1. The molecule has 0 bridgehead atoms. The Morgan fingerprint density at radius 2 is 1.52 bits per heavy atom. The average molecular weight is 446 g/mol. The predicted octanol–water partition coefficient (Wildman–Crippen LogP) is 3.84. The van der Waals surface area contributed by atoms with Crippen molar-refractivity contribution in [3.63, 3.8) is 0 Å². The molecule has 0 radical (unpaired) electrons. The SMILES string of the molecule is O=C(Nc1ccc(C(=O)N2CCN(C(=O)CCCc3ccccc3)CC2)cc1)c1ccco1. The van der Waals surface area contributed by atoms with E-state index < -0.39 is 0 Å². The summed E-state index contributed by atoms with van der Waals surface area (Å²) in [4.78, 5) is 41.0. The molecular weight excluding hydrogens is 418 g/mol. The van der Waals surface area contributed by atoms with Crippen LogP contribution in [0.1, 0.15) is 39.3 Å². The Morgan fingerprint density at radius 1 is 0.818 bits per heavy atom. The van der Waals surface area contributed by atoms with E-state index in [0.29, 0.717) is 43.9 Å². The highest BCUT2D eigenvalue weighted by molar-refractivity contribution is 6.02. The molecule has 0 spiro atoms. The Bertz CT molecular complexity index is 1070. The van der Waals surface area contributed by atoms with Gasteiger partial charge in [0.15, 0.2) is 5.76 Å². The van der Waals surface area contributed by atoms with Crippen LogP contribution >= 0.6 is 0 Å². The summed E-state index contributed by atoms with van der Waals surface area (Å²) in [5.41, 5.74) is 2.37.